The second kappa shape index (κ2) is 5.20. The number of nitrogen functional groups attached to an aromatic ring is 1. The molecule has 0 saturated carbocycles. The highest BCUT2D eigenvalue weighted by atomic mass is 35.5. The molecule has 0 amide bonds. The number of nitrogens with two attached hydrogens (primary N) is 1. The lowest BCUT2D eigenvalue weighted by molar-refractivity contribution is 0.0697. The minimum atomic E-state index is -1.03. The Morgan fingerprint density at radius 2 is 2.00 bits per heavy atom. The van der Waals surface area contributed by atoms with Crippen molar-refractivity contribution in [1.29, 1.82) is 0 Å². The van der Waals surface area contributed by atoms with Crippen LogP contribution in [-0.2, 0) is 0 Å². The van der Waals surface area contributed by atoms with Crippen molar-refractivity contribution in [2.75, 3.05) is 12.8 Å². The van der Waals surface area contributed by atoms with Gasteiger partial charge in [0.15, 0.2) is 0 Å². The first-order valence-electron chi connectivity index (χ1n) is 5.49. The Morgan fingerprint density at radius 1 is 1.26 bits per heavy atom. The van der Waals surface area contributed by atoms with E-state index in [-0.39, 0.29) is 5.56 Å². The number of carboxylic acids is 1. The van der Waals surface area contributed by atoms with Crippen molar-refractivity contribution in [3.63, 3.8) is 0 Å². The van der Waals surface area contributed by atoms with Gasteiger partial charge in [-0.25, -0.2) is 4.79 Å². The molecule has 2 aromatic carbocycles. The average molecular weight is 278 g/mol. The van der Waals surface area contributed by atoms with Crippen molar-refractivity contribution >= 4 is 23.3 Å². The van der Waals surface area contributed by atoms with E-state index >= 15 is 0 Å². The van der Waals surface area contributed by atoms with Crippen LogP contribution >= 0.6 is 11.6 Å². The number of benzene rings is 2. The molecule has 0 aliphatic heterocycles. The molecule has 0 aliphatic rings. The average Bonchev–Trinajstić information content (AvgIpc) is 2.38. The van der Waals surface area contributed by atoms with Gasteiger partial charge in [0.1, 0.15) is 5.75 Å². The molecule has 0 heterocycles. The van der Waals surface area contributed by atoms with E-state index in [0.29, 0.717) is 27.6 Å². The molecule has 5 heteroatoms. The molecule has 3 N–H and O–H groups in total. The first-order valence-corrected chi connectivity index (χ1v) is 5.87. The first kappa shape index (κ1) is 13.2. The van der Waals surface area contributed by atoms with Crippen LogP contribution in [0.4, 0.5) is 5.69 Å². The number of carbonyl (C=O) groups is 1. The summed E-state index contributed by atoms with van der Waals surface area (Å²) in [5.74, 6) is -0.397. The minimum Gasteiger partial charge on any atom is -0.497 e. The molecule has 0 saturated heterocycles. The maximum Gasteiger partial charge on any atom is 0.335 e. The lowest BCUT2D eigenvalue weighted by Gasteiger charge is -2.09. The fourth-order valence-corrected chi connectivity index (χ4v) is 2.01. The van der Waals surface area contributed by atoms with Gasteiger partial charge >= 0.3 is 5.97 Å². The molecule has 0 aliphatic carbocycles. The molecule has 19 heavy (non-hydrogen) atoms. The van der Waals surface area contributed by atoms with Gasteiger partial charge in [-0.2, -0.15) is 0 Å². The summed E-state index contributed by atoms with van der Waals surface area (Å²) in [5, 5.41) is 9.54. The zero-order valence-electron chi connectivity index (χ0n) is 10.2. The summed E-state index contributed by atoms with van der Waals surface area (Å²) in [6.07, 6.45) is 0. The second-order valence-corrected chi connectivity index (χ2v) is 4.40. The van der Waals surface area contributed by atoms with E-state index in [1.807, 2.05) is 0 Å². The number of rotatable bonds is 3. The van der Waals surface area contributed by atoms with Gasteiger partial charge in [0, 0.05) is 16.3 Å². The predicted octanol–water partition coefficient (Wildman–Crippen LogP) is 3.30. The maximum atomic E-state index is 11.0. The van der Waals surface area contributed by atoms with Crippen molar-refractivity contribution in [3.8, 4) is 16.9 Å². The first-order chi connectivity index (χ1) is 9.01. The van der Waals surface area contributed by atoms with Crippen molar-refractivity contribution in [2.45, 2.75) is 0 Å². The lowest BCUT2D eigenvalue weighted by Crippen LogP contribution is -1.99. The van der Waals surface area contributed by atoms with E-state index in [9.17, 15) is 4.79 Å². The van der Waals surface area contributed by atoms with Crippen molar-refractivity contribution in [2.24, 2.45) is 0 Å². The highest BCUT2D eigenvalue weighted by molar-refractivity contribution is 6.33. The van der Waals surface area contributed by atoms with Crippen LogP contribution in [0.5, 0.6) is 5.75 Å². The van der Waals surface area contributed by atoms with Crippen LogP contribution in [-0.4, -0.2) is 18.2 Å². The molecule has 2 aromatic rings. The van der Waals surface area contributed by atoms with Gasteiger partial charge in [-0.15, -0.1) is 0 Å². The lowest BCUT2D eigenvalue weighted by atomic mass is 10.0. The topological polar surface area (TPSA) is 72.5 Å². The molecule has 0 radical (unpaired) electrons. The Morgan fingerprint density at radius 3 is 2.63 bits per heavy atom. The minimum absolute atomic E-state index is 0.119. The quantitative estimate of drug-likeness (QED) is 0.845. The van der Waals surface area contributed by atoms with Crippen LogP contribution in [0, 0.1) is 0 Å². The van der Waals surface area contributed by atoms with Crippen LogP contribution < -0.4 is 10.5 Å². The Balaban J connectivity index is 2.61. The largest absolute Gasteiger partial charge is 0.497 e. The highest BCUT2D eigenvalue weighted by Crippen LogP contribution is 2.33. The summed E-state index contributed by atoms with van der Waals surface area (Å²) in [6, 6.07) is 9.77. The molecule has 98 valence electrons. The summed E-state index contributed by atoms with van der Waals surface area (Å²) in [5.41, 5.74) is 7.52. The predicted molar refractivity (Wildman–Crippen MR) is 74.8 cm³/mol. The van der Waals surface area contributed by atoms with Crippen molar-refractivity contribution < 1.29 is 14.6 Å². The standard InChI is InChI=1S/C14H12ClNO3/c1-19-11-2-3-13(15)12(7-11)8-4-9(14(17)18)6-10(16)5-8/h2-7H,16H2,1H3,(H,17,18). The number of anilines is 1. The van der Waals surface area contributed by atoms with Crippen LogP contribution in [0.25, 0.3) is 11.1 Å². The van der Waals surface area contributed by atoms with Gasteiger partial charge in [-0.1, -0.05) is 11.6 Å². The summed E-state index contributed by atoms with van der Waals surface area (Å²) < 4.78 is 5.13. The van der Waals surface area contributed by atoms with Gasteiger partial charge in [-0.05, 0) is 42.0 Å². The molecule has 0 spiro atoms. The third kappa shape index (κ3) is 2.80. The molecule has 0 atom stereocenters. The number of hydrogen-bond acceptors (Lipinski definition) is 3. The summed E-state index contributed by atoms with van der Waals surface area (Å²) in [7, 11) is 1.55. The zero-order valence-corrected chi connectivity index (χ0v) is 10.9. The second-order valence-electron chi connectivity index (χ2n) is 3.99. The monoisotopic (exact) mass is 277 g/mol. The van der Waals surface area contributed by atoms with Gasteiger partial charge in [-0.3, -0.25) is 0 Å². The van der Waals surface area contributed by atoms with Gasteiger partial charge in [0.05, 0.1) is 12.7 Å². The zero-order chi connectivity index (χ0) is 14.0. The molecule has 0 aromatic heterocycles. The smallest absolute Gasteiger partial charge is 0.335 e. The number of methoxy groups -OCH3 is 1. The third-order valence-electron chi connectivity index (χ3n) is 2.69. The molecule has 2 rings (SSSR count). The summed E-state index contributed by atoms with van der Waals surface area (Å²) in [4.78, 5) is 11.0. The van der Waals surface area contributed by atoms with Crippen LogP contribution in [0.15, 0.2) is 36.4 Å². The highest BCUT2D eigenvalue weighted by Gasteiger charge is 2.10. The number of halogens is 1. The van der Waals surface area contributed by atoms with E-state index in [1.54, 1.807) is 31.4 Å². The van der Waals surface area contributed by atoms with Crippen molar-refractivity contribution in [1.82, 2.24) is 0 Å². The Hall–Kier alpha value is -2.20. The van der Waals surface area contributed by atoms with E-state index in [1.165, 1.54) is 12.1 Å². The Labute approximate surface area is 115 Å². The van der Waals surface area contributed by atoms with Crippen LogP contribution in [0.2, 0.25) is 5.02 Å². The fraction of sp³-hybridized carbons (Fsp3) is 0.0714. The van der Waals surface area contributed by atoms with E-state index in [0.717, 1.165) is 0 Å². The van der Waals surface area contributed by atoms with Gasteiger partial charge in [0.2, 0.25) is 0 Å². The summed E-state index contributed by atoms with van der Waals surface area (Å²) in [6.45, 7) is 0. The Bertz CT molecular complexity index is 641. The van der Waals surface area contributed by atoms with Crippen LogP contribution in [0.1, 0.15) is 10.4 Å². The van der Waals surface area contributed by atoms with E-state index in [2.05, 4.69) is 0 Å². The molecular weight excluding hydrogens is 266 g/mol. The number of aromatic carboxylic acids is 1. The maximum absolute atomic E-state index is 11.0. The molecule has 0 unspecified atom stereocenters. The molecule has 4 nitrogen and oxygen atoms in total. The normalized spacial score (nSPS) is 10.2. The number of ether oxygens (including phenoxy) is 1. The summed E-state index contributed by atoms with van der Waals surface area (Å²) >= 11 is 6.13. The molecule has 0 fully saturated rings. The SMILES string of the molecule is COc1ccc(Cl)c(-c2cc(N)cc(C(=O)O)c2)c1. The third-order valence-corrected chi connectivity index (χ3v) is 3.02. The number of hydrogen-bond donors (Lipinski definition) is 2. The van der Waals surface area contributed by atoms with Crippen molar-refractivity contribution in [3.05, 3.63) is 47.0 Å². The Kier molecular flexibility index (Phi) is 3.62. The van der Waals surface area contributed by atoms with Gasteiger partial charge < -0.3 is 15.6 Å². The molecule has 0 bridgehead atoms. The van der Waals surface area contributed by atoms with Crippen LogP contribution in [0.3, 0.4) is 0 Å². The fourth-order valence-electron chi connectivity index (χ4n) is 1.78. The molecular formula is C14H12ClNO3. The van der Waals surface area contributed by atoms with E-state index < -0.39 is 5.97 Å². The van der Waals surface area contributed by atoms with E-state index in [4.69, 9.17) is 27.2 Å². The van der Waals surface area contributed by atoms with Gasteiger partial charge in [0.25, 0.3) is 0 Å². The number of carboxylic acid groups (broad SMARTS) is 1.